The Morgan fingerprint density at radius 3 is 2.88 bits per heavy atom. The molecule has 92 valence electrons. The summed E-state index contributed by atoms with van der Waals surface area (Å²) in [7, 11) is 0. The highest BCUT2D eigenvalue weighted by Crippen LogP contribution is 2.10. The summed E-state index contributed by atoms with van der Waals surface area (Å²) in [5.74, 6) is -1.01. The van der Waals surface area contributed by atoms with Crippen LogP contribution in [-0.2, 0) is 9.59 Å². The maximum absolute atomic E-state index is 12.0. The van der Waals surface area contributed by atoms with Crippen LogP contribution in [0.3, 0.4) is 0 Å². The Bertz CT molecular complexity index is 268. The lowest BCUT2D eigenvalue weighted by Crippen LogP contribution is -2.46. The summed E-state index contributed by atoms with van der Waals surface area (Å²) < 4.78 is 0. The Balaban J connectivity index is 2.71. The Morgan fingerprint density at radius 2 is 2.31 bits per heavy atom. The van der Waals surface area contributed by atoms with E-state index in [0.717, 1.165) is 19.4 Å². The molecule has 1 rings (SSSR count). The summed E-state index contributed by atoms with van der Waals surface area (Å²) in [5.41, 5.74) is 0. The second-order valence-corrected chi connectivity index (χ2v) is 4.33. The maximum atomic E-state index is 12.0. The molecule has 1 heterocycles. The quantitative estimate of drug-likeness (QED) is 0.733. The van der Waals surface area contributed by atoms with Gasteiger partial charge in [0.25, 0.3) is 0 Å². The SMILES string of the molecule is CCCN1CCC(C)NC(CC(=O)O)C1=O. The average Bonchev–Trinajstić information content (AvgIpc) is 2.31. The largest absolute Gasteiger partial charge is 0.481 e. The number of amides is 1. The van der Waals surface area contributed by atoms with E-state index in [-0.39, 0.29) is 18.4 Å². The molecular formula is C11H20N2O3. The molecule has 5 heteroatoms. The average molecular weight is 228 g/mol. The predicted molar refractivity (Wildman–Crippen MR) is 60.1 cm³/mol. The van der Waals surface area contributed by atoms with Gasteiger partial charge in [-0.25, -0.2) is 0 Å². The zero-order chi connectivity index (χ0) is 12.1. The van der Waals surface area contributed by atoms with E-state index in [9.17, 15) is 9.59 Å². The Morgan fingerprint density at radius 1 is 1.62 bits per heavy atom. The molecule has 2 unspecified atom stereocenters. The number of nitrogens with one attached hydrogen (secondary N) is 1. The van der Waals surface area contributed by atoms with Crippen LogP contribution in [0.4, 0.5) is 0 Å². The lowest BCUT2D eigenvalue weighted by Gasteiger charge is -2.23. The first kappa shape index (κ1) is 13.0. The minimum absolute atomic E-state index is 0.0754. The molecule has 0 bridgehead atoms. The minimum Gasteiger partial charge on any atom is -0.481 e. The minimum atomic E-state index is -0.934. The lowest BCUT2D eigenvalue weighted by atomic mass is 10.1. The highest BCUT2D eigenvalue weighted by atomic mass is 16.4. The lowest BCUT2D eigenvalue weighted by molar-refractivity contribution is -0.142. The predicted octanol–water partition coefficient (Wildman–Crippen LogP) is 0.450. The first-order valence-corrected chi connectivity index (χ1v) is 5.81. The molecule has 1 aliphatic heterocycles. The number of nitrogens with zero attached hydrogens (tertiary/aromatic N) is 1. The summed E-state index contributed by atoms with van der Waals surface area (Å²) in [4.78, 5) is 24.5. The zero-order valence-electron chi connectivity index (χ0n) is 9.90. The molecule has 0 aromatic carbocycles. The smallest absolute Gasteiger partial charge is 0.305 e. The Kier molecular flexibility index (Phi) is 4.73. The van der Waals surface area contributed by atoms with Crippen molar-refractivity contribution >= 4 is 11.9 Å². The van der Waals surface area contributed by atoms with Crippen molar-refractivity contribution in [2.45, 2.75) is 45.2 Å². The molecule has 0 aliphatic carbocycles. The van der Waals surface area contributed by atoms with Crippen LogP contribution >= 0.6 is 0 Å². The molecule has 0 aromatic heterocycles. The fourth-order valence-electron chi connectivity index (χ4n) is 1.99. The topological polar surface area (TPSA) is 69.6 Å². The molecule has 0 saturated carbocycles. The van der Waals surface area contributed by atoms with Gasteiger partial charge in [-0.15, -0.1) is 0 Å². The van der Waals surface area contributed by atoms with Gasteiger partial charge in [0.2, 0.25) is 5.91 Å². The van der Waals surface area contributed by atoms with Gasteiger partial charge in [-0.1, -0.05) is 6.92 Å². The number of hydrogen-bond donors (Lipinski definition) is 2. The van der Waals surface area contributed by atoms with E-state index >= 15 is 0 Å². The van der Waals surface area contributed by atoms with Gasteiger partial charge in [0.1, 0.15) is 0 Å². The van der Waals surface area contributed by atoms with E-state index in [1.165, 1.54) is 0 Å². The normalized spacial score (nSPS) is 26.6. The molecule has 2 N–H and O–H groups in total. The van der Waals surface area contributed by atoms with Gasteiger partial charge in [-0.05, 0) is 19.8 Å². The highest BCUT2D eigenvalue weighted by molar-refractivity contribution is 5.86. The van der Waals surface area contributed by atoms with Crippen LogP contribution in [0.2, 0.25) is 0 Å². The Labute approximate surface area is 95.8 Å². The van der Waals surface area contributed by atoms with E-state index in [4.69, 9.17) is 5.11 Å². The van der Waals surface area contributed by atoms with Gasteiger partial charge in [0, 0.05) is 19.1 Å². The first-order chi connectivity index (χ1) is 7.54. The number of aliphatic carboxylic acids is 1. The van der Waals surface area contributed by atoms with Crippen LogP contribution in [0.25, 0.3) is 0 Å². The molecular weight excluding hydrogens is 208 g/mol. The van der Waals surface area contributed by atoms with E-state index in [2.05, 4.69) is 5.32 Å². The van der Waals surface area contributed by atoms with Crippen LogP contribution in [-0.4, -0.2) is 47.1 Å². The van der Waals surface area contributed by atoms with Crippen molar-refractivity contribution in [3.8, 4) is 0 Å². The number of hydrogen-bond acceptors (Lipinski definition) is 3. The summed E-state index contributed by atoms with van der Waals surface area (Å²) in [6.07, 6.45) is 1.64. The molecule has 0 spiro atoms. The van der Waals surface area contributed by atoms with Crippen molar-refractivity contribution < 1.29 is 14.7 Å². The summed E-state index contributed by atoms with van der Waals surface area (Å²) in [5, 5.41) is 11.8. The monoisotopic (exact) mass is 228 g/mol. The van der Waals surface area contributed by atoms with Crippen molar-refractivity contribution in [3.05, 3.63) is 0 Å². The van der Waals surface area contributed by atoms with E-state index < -0.39 is 12.0 Å². The molecule has 1 saturated heterocycles. The van der Waals surface area contributed by atoms with Gasteiger partial charge in [0.15, 0.2) is 0 Å². The van der Waals surface area contributed by atoms with Crippen molar-refractivity contribution in [3.63, 3.8) is 0 Å². The number of carbonyl (C=O) groups is 2. The number of carboxylic acid groups (broad SMARTS) is 1. The third-order valence-electron chi connectivity index (χ3n) is 2.80. The van der Waals surface area contributed by atoms with Crippen LogP contribution in [0.5, 0.6) is 0 Å². The third-order valence-corrected chi connectivity index (χ3v) is 2.80. The second kappa shape index (κ2) is 5.84. The molecule has 5 nitrogen and oxygen atoms in total. The molecule has 16 heavy (non-hydrogen) atoms. The van der Waals surface area contributed by atoms with E-state index in [1.54, 1.807) is 4.90 Å². The molecule has 0 aromatic rings. The van der Waals surface area contributed by atoms with Gasteiger partial charge < -0.3 is 15.3 Å². The molecule has 2 atom stereocenters. The van der Waals surface area contributed by atoms with Crippen molar-refractivity contribution in [2.75, 3.05) is 13.1 Å². The highest BCUT2D eigenvalue weighted by Gasteiger charge is 2.30. The summed E-state index contributed by atoms with van der Waals surface area (Å²) >= 11 is 0. The van der Waals surface area contributed by atoms with Gasteiger partial charge >= 0.3 is 5.97 Å². The zero-order valence-corrected chi connectivity index (χ0v) is 9.90. The van der Waals surface area contributed by atoms with Gasteiger partial charge in [-0.3, -0.25) is 9.59 Å². The van der Waals surface area contributed by atoms with Gasteiger partial charge in [-0.2, -0.15) is 0 Å². The van der Waals surface area contributed by atoms with Crippen molar-refractivity contribution in [1.82, 2.24) is 10.2 Å². The molecule has 1 fully saturated rings. The fourth-order valence-corrected chi connectivity index (χ4v) is 1.99. The summed E-state index contributed by atoms with van der Waals surface area (Å²) in [6.45, 7) is 5.43. The fraction of sp³-hybridized carbons (Fsp3) is 0.818. The number of carboxylic acids is 1. The van der Waals surface area contributed by atoms with Crippen LogP contribution in [0.1, 0.15) is 33.1 Å². The van der Waals surface area contributed by atoms with Crippen LogP contribution < -0.4 is 5.32 Å². The maximum Gasteiger partial charge on any atom is 0.305 e. The van der Waals surface area contributed by atoms with E-state index in [1.807, 2.05) is 13.8 Å². The molecule has 0 radical (unpaired) electrons. The van der Waals surface area contributed by atoms with Crippen molar-refractivity contribution in [1.29, 1.82) is 0 Å². The number of carbonyl (C=O) groups excluding carboxylic acids is 1. The van der Waals surface area contributed by atoms with Gasteiger partial charge in [0.05, 0.1) is 12.5 Å². The van der Waals surface area contributed by atoms with Crippen LogP contribution in [0.15, 0.2) is 0 Å². The number of rotatable bonds is 4. The standard InChI is InChI=1S/C11H20N2O3/c1-3-5-13-6-4-8(2)12-9(11(13)16)7-10(14)15/h8-9,12H,3-7H2,1-2H3,(H,14,15). The second-order valence-electron chi connectivity index (χ2n) is 4.33. The molecule has 1 aliphatic rings. The van der Waals surface area contributed by atoms with Crippen LogP contribution in [0, 0.1) is 0 Å². The summed E-state index contributed by atoms with van der Waals surface area (Å²) in [6, 6.07) is -0.378. The first-order valence-electron chi connectivity index (χ1n) is 5.81. The van der Waals surface area contributed by atoms with E-state index in [0.29, 0.717) is 6.54 Å². The van der Waals surface area contributed by atoms with Crippen molar-refractivity contribution in [2.24, 2.45) is 0 Å². The third kappa shape index (κ3) is 3.48. The molecule has 1 amide bonds. The Hall–Kier alpha value is -1.10.